The highest BCUT2D eigenvalue weighted by atomic mass is 16.4. The predicted octanol–water partition coefficient (Wildman–Crippen LogP) is -1.49. The molecule has 0 radical (unpaired) electrons. The smallest absolute Gasteiger partial charge is 0.423 e. The molecule has 1 aromatic heterocycles. The van der Waals surface area contributed by atoms with Gasteiger partial charge in [-0.3, -0.25) is 0 Å². The van der Waals surface area contributed by atoms with Crippen LogP contribution in [0.25, 0.3) is 0 Å². The summed E-state index contributed by atoms with van der Waals surface area (Å²) in [6.45, 7) is 3.23. The van der Waals surface area contributed by atoms with Gasteiger partial charge in [-0.05, 0) is 19.8 Å². The molecule has 0 aliphatic carbocycles. The molecule has 7 heteroatoms. The molecule has 0 bridgehead atoms. The van der Waals surface area contributed by atoms with Gasteiger partial charge in [0.15, 0.2) is 0 Å². The quantitative estimate of drug-likeness (QED) is 0.543. The average molecular weight is 237 g/mol. The van der Waals surface area contributed by atoms with Crippen molar-refractivity contribution in [1.29, 1.82) is 0 Å². The van der Waals surface area contributed by atoms with Crippen LogP contribution in [0.4, 0.5) is 5.95 Å². The van der Waals surface area contributed by atoms with Crippen LogP contribution in [-0.2, 0) is 0 Å². The number of nitrogens with zero attached hydrogens (tertiary/aromatic N) is 3. The zero-order chi connectivity index (χ0) is 12.5. The van der Waals surface area contributed by atoms with Crippen molar-refractivity contribution in [2.24, 2.45) is 0 Å². The fourth-order valence-corrected chi connectivity index (χ4v) is 1.82. The monoisotopic (exact) mass is 237 g/mol. The number of piperidine rings is 1. The molecular weight excluding hydrogens is 221 g/mol. The molecule has 1 fully saturated rings. The third kappa shape index (κ3) is 2.93. The molecule has 2 heterocycles. The van der Waals surface area contributed by atoms with Crippen molar-refractivity contribution in [3.8, 4) is 0 Å². The standard InChI is InChI=1S/C10H16BN3O3/c1-10(15)2-4-14(5-3-10)9-12-6-8(7-13-9)11(16)17/h6-7,15-17H,2-5H2,1H3. The molecule has 0 aromatic carbocycles. The Bertz CT molecular complexity index is 373. The Morgan fingerprint density at radius 1 is 1.24 bits per heavy atom. The fourth-order valence-electron chi connectivity index (χ4n) is 1.82. The molecule has 0 saturated carbocycles. The summed E-state index contributed by atoms with van der Waals surface area (Å²) in [5.41, 5.74) is -0.324. The molecule has 1 aliphatic heterocycles. The Morgan fingerprint density at radius 2 is 1.76 bits per heavy atom. The van der Waals surface area contributed by atoms with E-state index in [1.54, 1.807) is 0 Å². The van der Waals surface area contributed by atoms with Crippen LogP contribution in [0.5, 0.6) is 0 Å². The molecule has 6 nitrogen and oxygen atoms in total. The summed E-state index contributed by atoms with van der Waals surface area (Å²) >= 11 is 0. The molecule has 0 atom stereocenters. The van der Waals surface area contributed by atoms with E-state index in [0.29, 0.717) is 31.9 Å². The molecule has 92 valence electrons. The summed E-state index contributed by atoms with van der Waals surface area (Å²) < 4.78 is 0. The molecule has 0 amide bonds. The van der Waals surface area contributed by atoms with Gasteiger partial charge in [0.2, 0.25) is 5.95 Å². The number of hydrogen-bond donors (Lipinski definition) is 3. The summed E-state index contributed by atoms with van der Waals surface area (Å²) in [6, 6.07) is 0. The number of aliphatic hydroxyl groups is 1. The minimum absolute atomic E-state index is 0.276. The predicted molar refractivity (Wildman–Crippen MR) is 63.9 cm³/mol. The highest BCUT2D eigenvalue weighted by molar-refractivity contribution is 6.58. The van der Waals surface area contributed by atoms with E-state index in [1.165, 1.54) is 12.4 Å². The van der Waals surface area contributed by atoms with E-state index in [4.69, 9.17) is 10.0 Å². The lowest BCUT2D eigenvalue weighted by Gasteiger charge is -2.35. The molecule has 1 aromatic rings. The lowest BCUT2D eigenvalue weighted by molar-refractivity contribution is 0.0349. The molecule has 0 spiro atoms. The van der Waals surface area contributed by atoms with Crippen molar-refractivity contribution < 1.29 is 15.2 Å². The second-order valence-corrected chi connectivity index (χ2v) is 4.67. The third-order valence-electron chi connectivity index (χ3n) is 3.08. The largest absolute Gasteiger partial charge is 0.491 e. The maximum Gasteiger partial charge on any atom is 0.491 e. The first-order valence-corrected chi connectivity index (χ1v) is 5.63. The van der Waals surface area contributed by atoms with E-state index in [-0.39, 0.29) is 5.46 Å². The van der Waals surface area contributed by atoms with Gasteiger partial charge in [0.1, 0.15) is 0 Å². The molecule has 1 saturated heterocycles. The van der Waals surface area contributed by atoms with E-state index < -0.39 is 12.7 Å². The second-order valence-electron chi connectivity index (χ2n) is 4.67. The normalized spacial score (nSPS) is 19.2. The minimum atomic E-state index is -1.54. The van der Waals surface area contributed by atoms with Crippen LogP contribution in [0.15, 0.2) is 12.4 Å². The summed E-state index contributed by atoms with van der Waals surface area (Å²) in [5, 5.41) is 27.7. The van der Waals surface area contributed by atoms with Gasteiger partial charge < -0.3 is 20.1 Å². The van der Waals surface area contributed by atoms with Gasteiger partial charge in [0, 0.05) is 30.9 Å². The highest BCUT2D eigenvalue weighted by Gasteiger charge is 2.28. The maximum atomic E-state index is 9.82. The van der Waals surface area contributed by atoms with Crippen LogP contribution >= 0.6 is 0 Å². The second kappa shape index (κ2) is 4.60. The Kier molecular flexibility index (Phi) is 3.32. The Labute approximate surface area is 100 Å². The molecule has 3 N–H and O–H groups in total. The van der Waals surface area contributed by atoms with Crippen LogP contribution < -0.4 is 10.4 Å². The number of anilines is 1. The van der Waals surface area contributed by atoms with E-state index in [9.17, 15) is 5.11 Å². The van der Waals surface area contributed by atoms with Gasteiger partial charge in [-0.2, -0.15) is 0 Å². The first-order chi connectivity index (χ1) is 7.98. The first kappa shape index (κ1) is 12.3. The van der Waals surface area contributed by atoms with Crippen LogP contribution in [-0.4, -0.2) is 50.9 Å². The van der Waals surface area contributed by atoms with E-state index in [1.807, 2.05) is 11.8 Å². The molecule has 17 heavy (non-hydrogen) atoms. The summed E-state index contributed by atoms with van der Waals surface area (Å²) in [4.78, 5) is 10.1. The Morgan fingerprint density at radius 3 is 2.24 bits per heavy atom. The first-order valence-electron chi connectivity index (χ1n) is 5.63. The van der Waals surface area contributed by atoms with Crippen molar-refractivity contribution in [2.45, 2.75) is 25.4 Å². The fraction of sp³-hybridized carbons (Fsp3) is 0.600. The molecule has 2 rings (SSSR count). The number of hydrogen-bond acceptors (Lipinski definition) is 6. The van der Waals surface area contributed by atoms with Gasteiger partial charge in [0.25, 0.3) is 0 Å². The lowest BCUT2D eigenvalue weighted by Crippen LogP contribution is -2.43. The zero-order valence-corrected chi connectivity index (χ0v) is 9.74. The summed E-state index contributed by atoms with van der Waals surface area (Å²) in [5.74, 6) is 0.560. The lowest BCUT2D eigenvalue weighted by atomic mass is 9.83. The number of rotatable bonds is 2. The molecule has 0 unspecified atom stereocenters. The van der Waals surface area contributed by atoms with E-state index in [2.05, 4.69) is 9.97 Å². The van der Waals surface area contributed by atoms with E-state index in [0.717, 1.165) is 0 Å². The third-order valence-corrected chi connectivity index (χ3v) is 3.08. The van der Waals surface area contributed by atoms with Crippen molar-refractivity contribution in [1.82, 2.24) is 9.97 Å². The van der Waals surface area contributed by atoms with Gasteiger partial charge in [0.05, 0.1) is 5.60 Å². The Hall–Kier alpha value is -1.18. The topological polar surface area (TPSA) is 89.7 Å². The SMILES string of the molecule is CC1(O)CCN(c2ncc(B(O)O)cn2)CC1. The van der Waals surface area contributed by atoms with E-state index >= 15 is 0 Å². The van der Waals surface area contributed by atoms with Crippen LogP contribution in [0.3, 0.4) is 0 Å². The Balaban J connectivity index is 2.04. The van der Waals surface area contributed by atoms with Gasteiger partial charge in [-0.15, -0.1) is 0 Å². The molecular formula is C10H16BN3O3. The van der Waals surface area contributed by atoms with Crippen molar-refractivity contribution in [3.05, 3.63) is 12.4 Å². The minimum Gasteiger partial charge on any atom is -0.423 e. The van der Waals surface area contributed by atoms with Crippen LogP contribution in [0, 0.1) is 0 Å². The maximum absolute atomic E-state index is 9.82. The zero-order valence-electron chi connectivity index (χ0n) is 9.74. The van der Waals surface area contributed by atoms with Gasteiger partial charge >= 0.3 is 7.12 Å². The van der Waals surface area contributed by atoms with Crippen molar-refractivity contribution in [2.75, 3.05) is 18.0 Å². The molecule has 1 aliphatic rings. The average Bonchev–Trinajstić information content (AvgIpc) is 2.29. The van der Waals surface area contributed by atoms with Crippen LogP contribution in [0.1, 0.15) is 19.8 Å². The highest BCUT2D eigenvalue weighted by Crippen LogP contribution is 2.23. The summed E-state index contributed by atoms with van der Waals surface area (Å²) in [7, 11) is -1.54. The van der Waals surface area contributed by atoms with Crippen LogP contribution in [0.2, 0.25) is 0 Å². The van der Waals surface area contributed by atoms with Crippen molar-refractivity contribution >= 4 is 18.5 Å². The number of aromatic nitrogens is 2. The van der Waals surface area contributed by atoms with Crippen molar-refractivity contribution in [3.63, 3.8) is 0 Å². The van der Waals surface area contributed by atoms with Gasteiger partial charge in [-0.1, -0.05) is 0 Å². The summed E-state index contributed by atoms with van der Waals surface area (Å²) in [6.07, 6.45) is 4.17. The van der Waals surface area contributed by atoms with Gasteiger partial charge in [-0.25, -0.2) is 9.97 Å².